The molecule has 0 aliphatic carbocycles. The first-order chi connectivity index (χ1) is 9.27. The average Bonchev–Trinajstić information content (AvgIpc) is 2.77. The molecule has 19 heavy (non-hydrogen) atoms. The molecule has 0 radical (unpaired) electrons. The molecule has 1 heterocycles. The van der Waals surface area contributed by atoms with Crippen LogP contribution in [0.5, 0.6) is 5.88 Å². The molecule has 0 bridgehead atoms. The van der Waals surface area contributed by atoms with E-state index in [9.17, 15) is 5.11 Å². The van der Waals surface area contributed by atoms with Gasteiger partial charge >= 0.3 is 0 Å². The fourth-order valence-corrected chi connectivity index (χ4v) is 2.37. The molecule has 1 N–H and O–H groups in total. The van der Waals surface area contributed by atoms with Crippen LogP contribution in [0.15, 0.2) is 66.7 Å². The van der Waals surface area contributed by atoms with Gasteiger partial charge < -0.3 is 9.67 Å². The summed E-state index contributed by atoms with van der Waals surface area (Å²) in [6.45, 7) is 0. The minimum atomic E-state index is 0.276. The third-order valence-corrected chi connectivity index (χ3v) is 3.34. The van der Waals surface area contributed by atoms with Crippen LogP contribution in [0.2, 0.25) is 0 Å². The Morgan fingerprint density at radius 2 is 1.32 bits per heavy atom. The van der Waals surface area contributed by atoms with Crippen molar-refractivity contribution in [1.82, 2.24) is 4.57 Å². The zero-order valence-corrected chi connectivity index (χ0v) is 10.7. The molecule has 0 unspecified atom stereocenters. The molecule has 0 saturated carbocycles. The Morgan fingerprint density at radius 3 is 1.89 bits per heavy atom. The van der Waals surface area contributed by atoms with Crippen molar-refractivity contribution >= 4 is 0 Å². The Morgan fingerprint density at radius 1 is 0.789 bits per heavy atom. The normalized spacial score (nSPS) is 10.6. The van der Waals surface area contributed by atoms with Gasteiger partial charge in [0.1, 0.15) is 0 Å². The summed E-state index contributed by atoms with van der Waals surface area (Å²) in [4.78, 5) is 0. The number of hydrogen-bond donors (Lipinski definition) is 1. The predicted molar refractivity (Wildman–Crippen MR) is 77.9 cm³/mol. The number of nitrogens with zero attached hydrogens (tertiary/aromatic N) is 1. The molecule has 3 aromatic rings. The monoisotopic (exact) mass is 249 g/mol. The fraction of sp³-hybridized carbons (Fsp3) is 0.0588. The summed E-state index contributed by atoms with van der Waals surface area (Å²) in [5.74, 6) is 0.276. The molecule has 2 nitrogen and oxygen atoms in total. The molecule has 0 amide bonds. The van der Waals surface area contributed by atoms with Gasteiger partial charge in [0.15, 0.2) is 5.88 Å². The van der Waals surface area contributed by atoms with Crippen molar-refractivity contribution in [2.75, 3.05) is 0 Å². The first-order valence-electron chi connectivity index (χ1n) is 6.27. The minimum absolute atomic E-state index is 0.276. The molecule has 1 aromatic heterocycles. The zero-order chi connectivity index (χ0) is 13.2. The van der Waals surface area contributed by atoms with E-state index in [2.05, 4.69) is 24.3 Å². The van der Waals surface area contributed by atoms with Gasteiger partial charge in [-0.2, -0.15) is 0 Å². The molecule has 0 aliphatic rings. The van der Waals surface area contributed by atoms with Crippen LogP contribution in [0, 0.1) is 0 Å². The van der Waals surface area contributed by atoms with Crippen molar-refractivity contribution in [3.8, 4) is 28.3 Å². The summed E-state index contributed by atoms with van der Waals surface area (Å²) in [6.07, 6.45) is 0. The Hall–Kier alpha value is -2.48. The van der Waals surface area contributed by atoms with Crippen LogP contribution in [-0.2, 0) is 7.05 Å². The van der Waals surface area contributed by atoms with Gasteiger partial charge in [0.2, 0.25) is 0 Å². The van der Waals surface area contributed by atoms with Crippen molar-refractivity contribution in [3.05, 3.63) is 66.7 Å². The largest absolute Gasteiger partial charge is 0.494 e. The van der Waals surface area contributed by atoms with Crippen LogP contribution in [0.4, 0.5) is 0 Å². The minimum Gasteiger partial charge on any atom is -0.494 e. The van der Waals surface area contributed by atoms with Crippen molar-refractivity contribution < 1.29 is 5.11 Å². The maximum atomic E-state index is 10.0. The molecule has 0 atom stereocenters. The Labute approximate surface area is 112 Å². The van der Waals surface area contributed by atoms with Gasteiger partial charge in [0.25, 0.3) is 0 Å². The van der Waals surface area contributed by atoms with E-state index in [1.807, 2.05) is 54.1 Å². The smallest absolute Gasteiger partial charge is 0.191 e. The van der Waals surface area contributed by atoms with Gasteiger partial charge in [-0.15, -0.1) is 0 Å². The highest BCUT2D eigenvalue weighted by molar-refractivity contribution is 5.83. The lowest BCUT2D eigenvalue weighted by Crippen LogP contribution is -1.92. The molecule has 2 heteroatoms. The highest BCUT2D eigenvalue weighted by atomic mass is 16.3. The number of rotatable bonds is 2. The van der Waals surface area contributed by atoms with Crippen LogP contribution in [0.25, 0.3) is 22.4 Å². The van der Waals surface area contributed by atoms with Crippen LogP contribution < -0.4 is 0 Å². The molecule has 0 aliphatic heterocycles. The van der Waals surface area contributed by atoms with E-state index in [0.717, 1.165) is 22.4 Å². The van der Waals surface area contributed by atoms with Gasteiger partial charge in [0.05, 0.1) is 5.69 Å². The second kappa shape index (κ2) is 4.65. The highest BCUT2D eigenvalue weighted by Gasteiger charge is 2.14. The van der Waals surface area contributed by atoms with Gasteiger partial charge in [0, 0.05) is 18.7 Å². The SMILES string of the molecule is Cn1c(O)cc(-c2ccccc2)c1-c1ccccc1. The molecular formula is C17H15NO. The highest BCUT2D eigenvalue weighted by Crippen LogP contribution is 2.36. The molecule has 94 valence electrons. The van der Waals surface area contributed by atoms with E-state index >= 15 is 0 Å². The third-order valence-electron chi connectivity index (χ3n) is 3.34. The predicted octanol–water partition coefficient (Wildman–Crippen LogP) is 4.06. The number of hydrogen-bond acceptors (Lipinski definition) is 1. The Kier molecular flexibility index (Phi) is 2.84. The fourth-order valence-electron chi connectivity index (χ4n) is 2.37. The van der Waals surface area contributed by atoms with E-state index in [1.165, 1.54) is 0 Å². The molecule has 0 fully saturated rings. The molecule has 3 rings (SSSR count). The second-order valence-electron chi connectivity index (χ2n) is 4.56. The van der Waals surface area contributed by atoms with Crippen LogP contribution in [-0.4, -0.2) is 9.67 Å². The first-order valence-corrected chi connectivity index (χ1v) is 6.27. The van der Waals surface area contributed by atoms with Crippen molar-refractivity contribution in [2.24, 2.45) is 7.05 Å². The van der Waals surface area contributed by atoms with Crippen molar-refractivity contribution in [3.63, 3.8) is 0 Å². The number of aromatic nitrogens is 1. The Balaban J connectivity index is 2.25. The standard InChI is InChI=1S/C17H15NO/c1-18-16(19)12-15(13-8-4-2-5-9-13)17(18)14-10-6-3-7-11-14/h2-12,19H,1H3. The van der Waals surface area contributed by atoms with Crippen molar-refractivity contribution in [2.45, 2.75) is 0 Å². The summed E-state index contributed by atoms with van der Waals surface area (Å²) in [7, 11) is 1.88. The third kappa shape index (κ3) is 2.02. The number of aromatic hydroxyl groups is 1. The van der Waals surface area contributed by atoms with Crippen LogP contribution in [0.1, 0.15) is 0 Å². The summed E-state index contributed by atoms with van der Waals surface area (Å²) in [5, 5.41) is 10.0. The average molecular weight is 249 g/mol. The second-order valence-corrected chi connectivity index (χ2v) is 4.56. The van der Waals surface area contributed by atoms with Gasteiger partial charge in [-0.05, 0) is 11.1 Å². The van der Waals surface area contributed by atoms with Crippen LogP contribution >= 0.6 is 0 Å². The lowest BCUT2D eigenvalue weighted by molar-refractivity contribution is 0.433. The lowest BCUT2D eigenvalue weighted by atomic mass is 10.0. The van der Waals surface area contributed by atoms with E-state index in [1.54, 1.807) is 0 Å². The summed E-state index contributed by atoms with van der Waals surface area (Å²) >= 11 is 0. The van der Waals surface area contributed by atoms with Crippen LogP contribution in [0.3, 0.4) is 0 Å². The lowest BCUT2D eigenvalue weighted by Gasteiger charge is -2.08. The van der Waals surface area contributed by atoms with Gasteiger partial charge in [-0.25, -0.2) is 0 Å². The zero-order valence-electron chi connectivity index (χ0n) is 10.7. The van der Waals surface area contributed by atoms with E-state index in [0.29, 0.717) is 0 Å². The molecule has 0 saturated heterocycles. The topological polar surface area (TPSA) is 25.2 Å². The summed E-state index contributed by atoms with van der Waals surface area (Å²) in [6, 6.07) is 22.1. The van der Waals surface area contributed by atoms with E-state index in [-0.39, 0.29) is 5.88 Å². The van der Waals surface area contributed by atoms with E-state index in [4.69, 9.17) is 0 Å². The van der Waals surface area contributed by atoms with Gasteiger partial charge in [-0.1, -0.05) is 60.7 Å². The maximum Gasteiger partial charge on any atom is 0.191 e. The first kappa shape index (κ1) is 11.6. The summed E-state index contributed by atoms with van der Waals surface area (Å²) in [5.41, 5.74) is 4.29. The Bertz CT molecular complexity index is 684. The van der Waals surface area contributed by atoms with Gasteiger partial charge in [-0.3, -0.25) is 0 Å². The van der Waals surface area contributed by atoms with Crippen molar-refractivity contribution in [1.29, 1.82) is 0 Å². The number of benzene rings is 2. The molecule has 0 spiro atoms. The maximum absolute atomic E-state index is 10.0. The molecule has 2 aromatic carbocycles. The quantitative estimate of drug-likeness (QED) is 0.727. The van der Waals surface area contributed by atoms with E-state index < -0.39 is 0 Å². The molecular weight excluding hydrogens is 234 g/mol. The summed E-state index contributed by atoms with van der Waals surface area (Å²) < 4.78 is 1.82.